The molecule has 0 bridgehead atoms. The lowest BCUT2D eigenvalue weighted by Crippen LogP contribution is -2.12. The quantitative estimate of drug-likeness (QED) is 0.295. The van der Waals surface area contributed by atoms with Crippen LogP contribution in [0.5, 0.6) is 0 Å². The van der Waals surface area contributed by atoms with E-state index >= 15 is 0 Å². The molecule has 0 aliphatic heterocycles. The van der Waals surface area contributed by atoms with Crippen molar-refractivity contribution in [3.8, 4) is 11.3 Å². The zero-order valence-corrected chi connectivity index (χ0v) is 11.3. The number of oxime groups is 1. The molecule has 3 aromatic rings. The Labute approximate surface area is 124 Å². The van der Waals surface area contributed by atoms with Gasteiger partial charge in [-0.1, -0.05) is 29.4 Å². The molecule has 4 N–H and O–H groups in total. The van der Waals surface area contributed by atoms with Gasteiger partial charge in [-0.15, -0.1) is 0 Å². The van der Waals surface area contributed by atoms with Gasteiger partial charge in [-0.25, -0.2) is 9.78 Å². The number of pyridine rings is 1. The molecule has 2 heterocycles. The van der Waals surface area contributed by atoms with E-state index in [1.54, 1.807) is 40.9 Å². The minimum absolute atomic E-state index is 0.0349. The molecule has 110 valence electrons. The molecule has 0 spiro atoms. The number of carbonyl (C=O) groups is 1. The van der Waals surface area contributed by atoms with Gasteiger partial charge >= 0.3 is 5.97 Å². The Morgan fingerprint density at radius 2 is 1.77 bits per heavy atom. The number of aromatic carboxylic acids is 1. The number of carboxylic acid groups (broad SMARTS) is 1. The predicted octanol–water partition coefficient (Wildman–Crippen LogP) is 1.79. The molecule has 0 unspecified atom stereocenters. The fourth-order valence-corrected chi connectivity index (χ4v) is 2.13. The minimum Gasteiger partial charge on any atom is -0.478 e. The van der Waals surface area contributed by atoms with Crippen LogP contribution in [0.15, 0.2) is 53.9 Å². The van der Waals surface area contributed by atoms with E-state index in [1.807, 2.05) is 0 Å². The number of benzene rings is 1. The second-order valence-electron chi connectivity index (χ2n) is 4.68. The first kappa shape index (κ1) is 13.6. The summed E-state index contributed by atoms with van der Waals surface area (Å²) in [4.78, 5) is 15.4. The first-order valence-corrected chi connectivity index (χ1v) is 6.39. The summed E-state index contributed by atoms with van der Waals surface area (Å²) in [5.41, 5.74) is 8.51. The average Bonchev–Trinajstić information content (AvgIpc) is 2.97. The van der Waals surface area contributed by atoms with Gasteiger partial charge in [-0.2, -0.15) is 0 Å². The molecule has 0 atom stereocenters. The molecule has 0 saturated heterocycles. The number of imidazole rings is 1. The van der Waals surface area contributed by atoms with Crippen molar-refractivity contribution in [2.75, 3.05) is 0 Å². The molecule has 3 rings (SSSR count). The van der Waals surface area contributed by atoms with Gasteiger partial charge in [0.25, 0.3) is 0 Å². The van der Waals surface area contributed by atoms with E-state index in [-0.39, 0.29) is 11.4 Å². The second-order valence-corrected chi connectivity index (χ2v) is 4.68. The lowest BCUT2D eigenvalue weighted by atomic mass is 10.1. The third-order valence-corrected chi connectivity index (χ3v) is 3.28. The molecule has 22 heavy (non-hydrogen) atoms. The number of hydrogen-bond donors (Lipinski definition) is 3. The molecular weight excluding hydrogens is 284 g/mol. The van der Waals surface area contributed by atoms with Crippen molar-refractivity contribution >= 4 is 17.5 Å². The summed E-state index contributed by atoms with van der Waals surface area (Å²) in [6.07, 6.45) is 3.26. The van der Waals surface area contributed by atoms with E-state index in [4.69, 9.17) is 16.0 Å². The Morgan fingerprint density at radius 3 is 2.41 bits per heavy atom. The van der Waals surface area contributed by atoms with Gasteiger partial charge < -0.3 is 20.4 Å². The van der Waals surface area contributed by atoms with Crippen LogP contribution in [-0.2, 0) is 0 Å². The highest BCUT2D eigenvalue weighted by Crippen LogP contribution is 2.20. The van der Waals surface area contributed by atoms with Crippen LogP contribution < -0.4 is 5.73 Å². The fraction of sp³-hybridized carbons (Fsp3) is 0. The maximum atomic E-state index is 11.0. The number of rotatable bonds is 3. The molecule has 0 saturated carbocycles. The molecule has 0 aliphatic carbocycles. The minimum atomic E-state index is -0.986. The molecule has 0 fully saturated rings. The molecule has 7 heteroatoms. The van der Waals surface area contributed by atoms with Crippen molar-refractivity contribution in [3.05, 3.63) is 59.9 Å². The zero-order chi connectivity index (χ0) is 15.7. The van der Waals surface area contributed by atoms with E-state index in [9.17, 15) is 4.79 Å². The monoisotopic (exact) mass is 296 g/mol. The van der Waals surface area contributed by atoms with Gasteiger partial charge in [0.05, 0.1) is 11.3 Å². The van der Waals surface area contributed by atoms with E-state index in [0.717, 1.165) is 5.56 Å². The lowest BCUT2D eigenvalue weighted by molar-refractivity contribution is 0.0696. The van der Waals surface area contributed by atoms with E-state index in [0.29, 0.717) is 16.9 Å². The first-order chi connectivity index (χ1) is 10.6. The van der Waals surface area contributed by atoms with Crippen molar-refractivity contribution in [1.82, 2.24) is 9.38 Å². The third-order valence-electron chi connectivity index (χ3n) is 3.28. The molecule has 0 radical (unpaired) electrons. The Balaban J connectivity index is 2.01. The van der Waals surface area contributed by atoms with E-state index in [1.165, 1.54) is 12.3 Å². The second kappa shape index (κ2) is 5.21. The smallest absolute Gasteiger partial charge is 0.337 e. The number of aromatic nitrogens is 2. The van der Waals surface area contributed by atoms with Gasteiger partial charge in [0.1, 0.15) is 5.65 Å². The van der Waals surface area contributed by atoms with Crippen LogP contribution >= 0.6 is 0 Å². The highest BCUT2D eigenvalue weighted by atomic mass is 16.4. The van der Waals surface area contributed by atoms with Gasteiger partial charge in [-0.3, -0.25) is 0 Å². The van der Waals surface area contributed by atoms with Crippen molar-refractivity contribution in [2.24, 2.45) is 10.9 Å². The molecular formula is C15H12N4O3. The first-order valence-electron chi connectivity index (χ1n) is 6.39. The van der Waals surface area contributed by atoms with Crippen LogP contribution in [0.1, 0.15) is 15.9 Å². The number of nitrogens with zero attached hydrogens (tertiary/aromatic N) is 3. The SMILES string of the molecule is NC(=NO)c1ccc(-c2cn3cc(C(=O)O)ccc3n2)cc1. The Hall–Kier alpha value is -3.35. The number of hydrogen-bond acceptors (Lipinski definition) is 4. The van der Waals surface area contributed by atoms with E-state index < -0.39 is 5.97 Å². The summed E-state index contributed by atoms with van der Waals surface area (Å²) in [5, 5.41) is 20.6. The summed E-state index contributed by atoms with van der Waals surface area (Å²) in [6, 6.07) is 10.2. The van der Waals surface area contributed by atoms with Gasteiger partial charge in [0.2, 0.25) is 0 Å². The van der Waals surface area contributed by atoms with Gasteiger partial charge in [-0.05, 0) is 12.1 Å². The molecule has 0 aliphatic rings. The molecule has 1 aromatic carbocycles. The summed E-state index contributed by atoms with van der Waals surface area (Å²) < 4.78 is 1.66. The largest absolute Gasteiger partial charge is 0.478 e. The van der Waals surface area contributed by atoms with Crippen LogP contribution in [0.4, 0.5) is 0 Å². The molecule has 2 aromatic heterocycles. The van der Waals surface area contributed by atoms with Crippen LogP contribution in [0.3, 0.4) is 0 Å². The highest BCUT2D eigenvalue weighted by Gasteiger charge is 2.08. The van der Waals surface area contributed by atoms with Crippen molar-refractivity contribution in [3.63, 3.8) is 0 Å². The number of carboxylic acids is 1. The van der Waals surface area contributed by atoms with E-state index in [2.05, 4.69) is 10.1 Å². The molecule has 7 nitrogen and oxygen atoms in total. The fourth-order valence-electron chi connectivity index (χ4n) is 2.13. The van der Waals surface area contributed by atoms with Crippen molar-refractivity contribution < 1.29 is 15.1 Å². The summed E-state index contributed by atoms with van der Waals surface area (Å²) in [6.45, 7) is 0. The van der Waals surface area contributed by atoms with Gasteiger partial charge in [0.15, 0.2) is 5.84 Å². The number of nitrogens with two attached hydrogens (primary N) is 1. The Kier molecular flexibility index (Phi) is 3.23. The third kappa shape index (κ3) is 2.35. The summed E-state index contributed by atoms with van der Waals surface area (Å²) >= 11 is 0. The maximum Gasteiger partial charge on any atom is 0.337 e. The topological polar surface area (TPSA) is 113 Å². The van der Waals surface area contributed by atoms with Crippen LogP contribution in [-0.4, -0.2) is 31.5 Å². The van der Waals surface area contributed by atoms with Crippen molar-refractivity contribution in [2.45, 2.75) is 0 Å². The Morgan fingerprint density at radius 1 is 1.09 bits per heavy atom. The Bertz CT molecular complexity index is 881. The van der Waals surface area contributed by atoms with Gasteiger partial charge in [0, 0.05) is 23.5 Å². The normalized spacial score (nSPS) is 11.7. The number of amidine groups is 1. The lowest BCUT2D eigenvalue weighted by Gasteiger charge is -2.00. The van der Waals surface area contributed by atoms with Crippen LogP contribution in [0.25, 0.3) is 16.9 Å². The highest BCUT2D eigenvalue weighted by molar-refractivity contribution is 5.97. The summed E-state index contributed by atoms with van der Waals surface area (Å²) in [5.74, 6) is -0.951. The average molecular weight is 296 g/mol. The van der Waals surface area contributed by atoms with Crippen LogP contribution in [0, 0.1) is 0 Å². The standard InChI is InChI=1S/C15H12N4O3/c16-14(18-22)10-3-1-9(2-4-10)12-8-19-7-11(15(20)21)5-6-13(19)17-12/h1-8,22H,(H2,16,18)(H,20,21). The summed E-state index contributed by atoms with van der Waals surface area (Å²) in [7, 11) is 0. The van der Waals surface area contributed by atoms with Crippen molar-refractivity contribution in [1.29, 1.82) is 0 Å². The zero-order valence-electron chi connectivity index (χ0n) is 11.3. The number of fused-ring (bicyclic) bond motifs is 1. The predicted molar refractivity (Wildman–Crippen MR) is 80.1 cm³/mol. The molecule has 0 amide bonds. The van der Waals surface area contributed by atoms with Crippen LogP contribution in [0.2, 0.25) is 0 Å². The maximum absolute atomic E-state index is 11.0.